The second kappa shape index (κ2) is 11.5. The molecule has 0 heterocycles. The molecule has 0 bridgehead atoms. The zero-order chi connectivity index (χ0) is 28.8. The molecule has 2 amide bonds. The van der Waals surface area contributed by atoms with Crippen molar-refractivity contribution in [2.24, 2.45) is 46.3 Å². The summed E-state index contributed by atoms with van der Waals surface area (Å²) in [6.07, 6.45) is 5.44. The summed E-state index contributed by atoms with van der Waals surface area (Å²) in [5.74, 6) is -0.0801. The second-order valence-electron chi connectivity index (χ2n) is 13.5. The molecule has 224 valence electrons. The van der Waals surface area contributed by atoms with E-state index < -0.39 is 34.0 Å². The van der Waals surface area contributed by atoms with Crippen LogP contribution in [0.1, 0.15) is 78.6 Å². The molecule has 0 radical (unpaired) electrons. The third kappa shape index (κ3) is 6.17. The van der Waals surface area contributed by atoms with Crippen molar-refractivity contribution < 1.29 is 37.9 Å². The van der Waals surface area contributed by atoms with Gasteiger partial charge in [-0.25, -0.2) is 0 Å². The molecule has 11 heteroatoms. The third-order valence-electron chi connectivity index (χ3n) is 11.5. The minimum Gasteiger partial charge on any atom is -0.393 e. The lowest BCUT2D eigenvalue weighted by atomic mass is 9.43. The van der Waals surface area contributed by atoms with Crippen LogP contribution in [0, 0.1) is 46.3 Å². The van der Waals surface area contributed by atoms with E-state index in [9.17, 15) is 33.3 Å². The zero-order valence-electron chi connectivity index (χ0n) is 23.5. The molecule has 10 nitrogen and oxygen atoms in total. The molecule has 6 N–H and O–H groups in total. The Labute approximate surface area is 232 Å². The van der Waals surface area contributed by atoms with Gasteiger partial charge < -0.3 is 26.0 Å². The van der Waals surface area contributed by atoms with Crippen LogP contribution < -0.4 is 10.6 Å². The second-order valence-corrected chi connectivity index (χ2v) is 15.0. The average molecular weight is 573 g/mol. The summed E-state index contributed by atoms with van der Waals surface area (Å²) >= 11 is 0. The van der Waals surface area contributed by atoms with Crippen molar-refractivity contribution in [2.75, 3.05) is 18.8 Å². The normalized spacial score (nSPS) is 42.5. The summed E-state index contributed by atoms with van der Waals surface area (Å²) in [7, 11) is -4.16. The van der Waals surface area contributed by atoms with E-state index in [-0.39, 0.29) is 77.9 Å². The highest BCUT2D eigenvalue weighted by Gasteiger charge is 2.65. The van der Waals surface area contributed by atoms with Gasteiger partial charge in [-0.05, 0) is 97.7 Å². The monoisotopic (exact) mass is 572 g/mol. The number of hydrogen-bond acceptors (Lipinski definition) is 7. The summed E-state index contributed by atoms with van der Waals surface area (Å²) in [6, 6.07) is 0. The van der Waals surface area contributed by atoms with E-state index in [1.807, 2.05) is 0 Å². The number of fused-ring (bicyclic) bond motifs is 5. The molecule has 0 aromatic carbocycles. The van der Waals surface area contributed by atoms with E-state index in [1.54, 1.807) is 0 Å². The Balaban J connectivity index is 1.33. The van der Waals surface area contributed by atoms with Gasteiger partial charge in [-0.1, -0.05) is 20.8 Å². The first kappa shape index (κ1) is 30.7. The van der Waals surface area contributed by atoms with Gasteiger partial charge in [0.15, 0.2) is 0 Å². The highest BCUT2D eigenvalue weighted by atomic mass is 32.2. The number of hydrogen-bond donors (Lipinski definition) is 6. The topological polar surface area (TPSA) is 173 Å². The number of rotatable bonds is 9. The molecule has 0 spiro atoms. The van der Waals surface area contributed by atoms with E-state index in [1.165, 1.54) is 0 Å². The summed E-state index contributed by atoms with van der Waals surface area (Å²) in [6.45, 7) is 6.15. The van der Waals surface area contributed by atoms with Crippen LogP contribution in [0.2, 0.25) is 0 Å². The Kier molecular flexibility index (Phi) is 9.08. The Bertz CT molecular complexity index is 1020. The summed E-state index contributed by atoms with van der Waals surface area (Å²) in [4.78, 5) is 24.2. The molecule has 4 aliphatic rings. The molecule has 4 fully saturated rings. The number of aliphatic hydroxyl groups is 3. The number of carbonyl (C=O) groups excluding carboxylic acids is 2. The maximum Gasteiger partial charge on any atom is 0.266 e. The third-order valence-corrected chi connectivity index (χ3v) is 12.2. The van der Waals surface area contributed by atoms with Crippen LogP contribution in [0.25, 0.3) is 0 Å². The van der Waals surface area contributed by atoms with Gasteiger partial charge in [0, 0.05) is 13.0 Å². The highest BCUT2D eigenvalue weighted by Crippen LogP contribution is 2.68. The van der Waals surface area contributed by atoms with E-state index in [0.717, 1.165) is 38.5 Å². The number of nitrogens with one attached hydrogen (secondary N) is 2. The highest BCUT2D eigenvalue weighted by molar-refractivity contribution is 7.85. The van der Waals surface area contributed by atoms with E-state index in [0.29, 0.717) is 12.8 Å². The van der Waals surface area contributed by atoms with Crippen LogP contribution in [-0.4, -0.2) is 77.3 Å². The lowest BCUT2D eigenvalue weighted by molar-refractivity contribution is -0.207. The van der Waals surface area contributed by atoms with Crippen LogP contribution in [0.4, 0.5) is 0 Å². The van der Waals surface area contributed by atoms with Crippen LogP contribution in [0.5, 0.6) is 0 Å². The molecular formula is C28H48N2O8S. The number of aliphatic hydroxyl groups excluding tert-OH is 3. The van der Waals surface area contributed by atoms with Crippen LogP contribution in [0.3, 0.4) is 0 Å². The SMILES string of the molecule is C[C@H](CCC(=O)NCC(=O)NCCS(=O)(=O)O)[C@H]1CC[C@H]2[C@@H]3[C@H](O)C[C@@H]4C[C@H](O)CC[C@]4(C)[C@H]3C[C@H](O)[C@]12C. The van der Waals surface area contributed by atoms with Gasteiger partial charge in [0.05, 0.1) is 30.6 Å². The molecule has 39 heavy (non-hydrogen) atoms. The fourth-order valence-corrected chi connectivity index (χ4v) is 9.70. The van der Waals surface area contributed by atoms with Crippen molar-refractivity contribution in [3.05, 3.63) is 0 Å². The molecule has 4 aliphatic carbocycles. The Hall–Kier alpha value is -1.27. The van der Waals surface area contributed by atoms with Gasteiger partial charge in [-0.3, -0.25) is 14.1 Å². The maximum atomic E-state index is 12.4. The lowest BCUT2D eigenvalue weighted by Gasteiger charge is -2.63. The fourth-order valence-electron chi connectivity index (χ4n) is 9.34. The van der Waals surface area contributed by atoms with Crippen LogP contribution in [-0.2, 0) is 19.7 Å². The Morgan fingerprint density at radius 1 is 0.974 bits per heavy atom. The lowest BCUT2D eigenvalue weighted by Crippen LogP contribution is -2.62. The molecule has 0 aromatic rings. The van der Waals surface area contributed by atoms with Gasteiger partial charge in [0.2, 0.25) is 11.8 Å². The van der Waals surface area contributed by atoms with Gasteiger partial charge in [0.1, 0.15) is 0 Å². The predicted molar refractivity (Wildman–Crippen MR) is 145 cm³/mol. The Morgan fingerprint density at radius 2 is 1.69 bits per heavy atom. The van der Waals surface area contributed by atoms with E-state index >= 15 is 0 Å². The predicted octanol–water partition coefficient (Wildman–Crippen LogP) is 1.48. The van der Waals surface area contributed by atoms with Crippen LogP contribution in [0.15, 0.2) is 0 Å². The van der Waals surface area contributed by atoms with Crippen molar-refractivity contribution >= 4 is 21.9 Å². The van der Waals surface area contributed by atoms with Crippen molar-refractivity contribution in [3.8, 4) is 0 Å². The minimum absolute atomic E-state index is 0.0336. The largest absolute Gasteiger partial charge is 0.393 e. The quantitative estimate of drug-likeness (QED) is 0.225. The fraction of sp³-hybridized carbons (Fsp3) is 0.929. The number of amides is 2. The summed E-state index contributed by atoms with van der Waals surface area (Å²) < 4.78 is 30.2. The van der Waals surface area contributed by atoms with Crippen molar-refractivity contribution in [3.63, 3.8) is 0 Å². The average Bonchev–Trinajstić information content (AvgIpc) is 3.20. The zero-order valence-corrected chi connectivity index (χ0v) is 24.3. The molecule has 0 aromatic heterocycles. The van der Waals surface area contributed by atoms with Gasteiger partial charge in [-0.2, -0.15) is 8.42 Å². The molecule has 0 unspecified atom stereocenters. The molecule has 11 atom stereocenters. The maximum absolute atomic E-state index is 12.4. The van der Waals surface area contributed by atoms with E-state index in [4.69, 9.17) is 4.55 Å². The first-order chi connectivity index (χ1) is 18.2. The molecule has 4 saturated carbocycles. The smallest absolute Gasteiger partial charge is 0.266 e. The molecule has 4 rings (SSSR count). The number of carbonyl (C=O) groups is 2. The van der Waals surface area contributed by atoms with Gasteiger partial charge in [0.25, 0.3) is 10.1 Å². The standard InChI is InChI=1S/C28H48N2O8S/c1-16(4-7-24(34)30-15-25(35)29-10-11-39(36,37)38)19-5-6-20-26-21(14-23(33)28(19,20)3)27(2)9-8-18(31)12-17(27)13-22(26)32/h16-23,26,31-33H,4-15H2,1-3H3,(H,29,35)(H,30,34)(H,36,37,38)/t16-,17+,18-,19-,20+,21+,22-,23+,26+,27+,28-/m1/s1. The first-order valence-corrected chi connectivity index (χ1v) is 16.3. The first-order valence-electron chi connectivity index (χ1n) is 14.7. The summed E-state index contributed by atoms with van der Waals surface area (Å²) in [5, 5.41) is 38.3. The summed E-state index contributed by atoms with van der Waals surface area (Å²) in [5.41, 5.74) is -0.297. The molecule has 0 saturated heterocycles. The van der Waals surface area contributed by atoms with E-state index in [2.05, 4.69) is 31.4 Å². The van der Waals surface area contributed by atoms with Crippen LogP contribution >= 0.6 is 0 Å². The van der Waals surface area contributed by atoms with Crippen molar-refractivity contribution in [1.29, 1.82) is 0 Å². The van der Waals surface area contributed by atoms with Crippen molar-refractivity contribution in [2.45, 2.75) is 96.9 Å². The van der Waals surface area contributed by atoms with Gasteiger partial charge >= 0.3 is 0 Å². The minimum atomic E-state index is -4.16. The molecule has 0 aliphatic heterocycles. The van der Waals surface area contributed by atoms with Gasteiger partial charge in [-0.15, -0.1) is 0 Å². The Morgan fingerprint density at radius 3 is 2.38 bits per heavy atom. The van der Waals surface area contributed by atoms with Crippen molar-refractivity contribution in [1.82, 2.24) is 10.6 Å². The molecular weight excluding hydrogens is 524 g/mol.